The van der Waals surface area contributed by atoms with Crippen molar-refractivity contribution in [1.29, 1.82) is 0 Å². The Kier molecular flexibility index (Phi) is 4.61. The summed E-state index contributed by atoms with van der Waals surface area (Å²) in [6.45, 7) is 2.00. The Bertz CT molecular complexity index is 1260. The summed E-state index contributed by atoms with van der Waals surface area (Å²) >= 11 is 5.99. The lowest BCUT2D eigenvalue weighted by Gasteiger charge is -2.10. The normalized spacial score (nSPS) is 11.7. The van der Waals surface area contributed by atoms with Gasteiger partial charge in [-0.1, -0.05) is 29.8 Å². The molecule has 0 amide bonds. The second-order valence-corrected chi connectivity index (χ2v) is 9.07. The molecule has 2 aromatic carbocycles. The zero-order chi connectivity index (χ0) is 19.9. The average Bonchev–Trinajstić information content (AvgIpc) is 3.03. The molecular weight excluding hydrogens is 394 g/mol. The first-order valence-corrected chi connectivity index (χ1v) is 10.9. The molecule has 5 nitrogen and oxygen atoms in total. The molecule has 0 aliphatic carbocycles. The Labute approximate surface area is 168 Å². The van der Waals surface area contributed by atoms with E-state index in [0.29, 0.717) is 5.02 Å². The molecular formula is C21H18ClN3O2S. The van der Waals surface area contributed by atoms with E-state index in [1.807, 2.05) is 53.9 Å². The number of sulfone groups is 1. The number of benzene rings is 2. The molecule has 0 bridgehead atoms. The van der Waals surface area contributed by atoms with Gasteiger partial charge in [0.2, 0.25) is 0 Å². The third kappa shape index (κ3) is 3.48. The maximum atomic E-state index is 11.8. The molecule has 2 heterocycles. The Balaban J connectivity index is 1.87. The first-order chi connectivity index (χ1) is 13.3. The van der Waals surface area contributed by atoms with E-state index >= 15 is 0 Å². The van der Waals surface area contributed by atoms with Crippen molar-refractivity contribution in [3.8, 4) is 11.3 Å². The second-order valence-electron chi connectivity index (χ2n) is 6.62. The summed E-state index contributed by atoms with van der Waals surface area (Å²) in [5.41, 5.74) is 4.32. The van der Waals surface area contributed by atoms with Gasteiger partial charge in [-0.3, -0.25) is 4.40 Å². The highest BCUT2D eigenvalue weighted by molar-refractivity contribution is 7.90. The van der Waals surface area contributed by atoms with E-state index in [2.05, 4.69) is 5.32 Å². The largest absolute Gasteiger partial charge is 0.339 e. The lowest BCUT2D eigenvalue weighted by Crippen LogP contribution is -1.98. The van der Waals surface area contributed by atoms with Crippen LogP contribution >= 0.6 is 11.6 Å². The van der Waals surface area contributed by atoms with E-state index in [1.54, 1.807) is 24.3 Å². The summed E-state index contributed by atoms with van der Waals surface area (Å²) < 4.78 is 25.5. The topological polar surface area (TPSA) is 63.5 Å². The van der Waals surface area contributed by atoms with Crippen molar-refractivity contribution in [1.82, 2.24) is 9.38 Å². The van der Waals surface area contributed by atoms with Crippen molar-refractivity contribution in [3.63, 3.8) is 0 Å². The summed E-state index contributed by atoms with van der Waals surface area (Å²) in [7, 11) is -3.25. The zero-order valence-corrected chi connectivity index (χ0v) is 16.9. The highest BCUT2D eigenvalue weighted by atomic mass is 35.5. The van der Waals surface area contributed by atoms with Crippen LogP contribution in [0.5, 0.6) is 0 Å². The van der Waals surface area contributed by atoms with Crippen LogP contribution in [0, 0.1) is 6.92 Å². The molecule has 4 aromatic rings. The summed E-state index contributed by atoms with van der Waals surface area (Å²) in [5.74, 6) is 0.799. The number of hydrogen-bond donors (Lipinski definition) is 1. The SMILES string of the molecule is Cc1cccn2c(Nc3ccc(Cl)cc3)c(-c3ccc(S(C)(=O)=O)cc3)nc12. The van der Waals surface area contributed by atoms with E-state index in [0.717, 1.165) is 34.0 Å². The number of imidazole rings is 1. The quantitative estimate of drug-likeness (QED) is 0.506. The first kappa shape index (κ1) is 18.5. The van der Waals surface area contributed by atoms with Crippen LogP contribution in [0.25, 0.3) is 16.9 Å². The number of nitrogens with one attached hydrogen (secondary N) is 1. The minimum Gasteiger partial charge on any atom is -0.339 e. The molecule has 28 heavy (non-hydrogen) atoms. The van der Waals surface area contributed by atoms with Crippen molar-refractivity contribution in [2.24, 2.45) is 0 Å². The van der Waals surface area contributed by atoms with Crippen LogP contribution in [-0.4, -0.2) is 24.1 Å². The number of nitrogens with zero attached hydrogens (tertiary/aromatic N) is 2. The fraction of sp³-hybridized carbons (Fsp3) is 0.0952. The highest BCUT2D eigenvalue weighted by Crippen LogP contribution is 2.32. The lowest BCUT2D eigenvalue weighted by atomic mass is 10.1. The maximum absolute atomic E-state index is 11.8. The van der Waals surface area contributed by atoms with Crippen molar-refractivity contribution in [2.45, 2.75) is 11.8 Å². The highest BCUT2D eigenvalue weighted by Gasteiger charge is 2.16. The first-order valence-electron chi connectivity index (χ1n) is 8.64. The van der Waals surface area contributed by atoms with Gasteiger partial charge in [0, 0.05) is 28.7 Å². The van der Waals surface area contributed by atoms with Gasteiger partial charge in [0.25, 0.3) is 0 Å². The monoisotopic (exact) mass is 411 g/mol. The van der Waals surface area contributed by atoms with Crippen LogP contribution in [0.3, 0.4) is 0 Å². The van der Waals surface area contributed by atoms with E-state index in [9.17, 15) is 8.42 Å². The molecule has 4 rings (SSSR count). The van der Waals surface area contributed by atoms with Crippen LogP contribution in [-0.2, 0) is 9.84 Å². The van der Waals surface area contributed by atoms with Gasteiger partial charge in [0.05, 0.1) is 4.90 Å². The van der Waals surface area contributed by atoms with Gasteiger partial charge < -0.3 is 5.32 Å². The molecule has 142 valence electrons. The number of halogens is 1. The van der Waals surface area contributed by atoms with Gasteiger partial charge in [0.15, 0.2) is 9.84 Å². The van der Waals surface area contributed by atoms with Gasteiger partial charge >= 0.3 is 0 Å². The summed E-state index contributed by atoms with van der Waals surface area (Å²) in [4.78, 5) is 5.09. The van der Waals surface area contributed by atoms with Crippen LogP contribution < -0.4 is 5.32 Å². The van der Waals surface area contributed by atoms with E-state index in [1.165, 1.54) is 6.26 Å². The Morgan fingerprint density at radius 3 is 2.32 bits per heavy atom. The molecule has 0 spiro atoms. The van der Waals surface area contributed by atoms with E-state index in [4.69, 9.17) is 16.6 Å². The van der Waals surface area contributed by atoms with Crippen molar-refractivity contribution >= 4 is 38.6 Å². The second kappa shape index (κ2) is 6.96. The number of hydrogen-bond acceptors (Lipinski definition) is 4. The number of aromatic nitrogens is 2. The number of anilines is 2. The third-order valence-electron chi connectivity index (χ3n) is 4.51. The smallest absolute Gasteiger partial charge is 0.175 e. The number of rotatable bonds is 4. The Morgan fingerprint density at radius 2 is 1.68 bits per heavy atom. The predicted molar refractivity (Wildman–Crippen MR) is 113 cm³/mol. The van der Waals surface area contributed by atoms with Gasteiger partial charge in [0.1, 0.15) is 17.2 Å². The molecule has 0 fully saturated rings. The molecule has 0 aliphatic heterocycles. The van der Waals surface area contributed by atoms with Crippen LogP contribution in [0.15, 0.2) is 71.8 Å². The molecule has 7 heteroatoms. The number of aryl methyl sites for hydroxylation is 1. The van der Waals surface area contributed by atoms with Gasteiger partial charge in [-0.25, -0.2) is 13.4 Å². The fourth-order valence-electron chi connectivity index (χ4n) is 3.05. The third-order valence-corrected chi connectivity index (χ3v) is 5.89. The van der Waals surface area contributed by atoms with Gasteiger partial charge in [-0.15, -0.1) is 0 Å². The molecule has 1 N–H and O–H groups in total. The summed E-state index contributed by atoms with van der Waals surface area (Å²) in [5, 5.41) is 4.08. The Morgan fingerprint density at radius 1 is 1.00 bits per heavy atom. The Hall–Kier alpha value is -2.83. The van der Waals surface area contributed by atoms with E-state index < -0.39 is 9.84 Å². The number of fused-ring (bicyclic) bond motifs is 1. The molecule has 0 saturated carbocycles. The van der Waals surface area contributed by atoms with E-state index in [-0.39, 0.29) is 4.90 Å². The van der Waals surface area contributed by atoms with Crippen LogP contribution in [0.1, 0.15) is 5.56 Å². The molecule has 0 radical (unpaired) electrons. The van der Waals surface area contributed by atoms with Crippen molar-refractivity contribution < 1.29 is 8.42 Å². The van der Waals surface area contributed by atoms with Gasteiger partial charge in [-0.05, 0) is 55.0 Å². The predicted octanol–water partition coefficient (Wildman–Crippen LogP) is 5.11. The fourth-order valence-corrected chi connectivity index (χ4v) is 3.81. The standard InChI is InChI=1S/C21H18ClN3O2S/c1-14-4-3-13-25-20(14)24-19(15-5-11-18(12-6-15)28(2,26)27)21(25)23-17-9-7-16(22)8-10-17/h3-13,23H,1-2H3. The van der Waals surface area contributed by atoms with Gasteiger partial charge in [-0.2, -0.15) is 0 Å². The van der Waals surface area contributed by atoms with Crippen LogP contribution in [0.2, 0.25) is 5.02 Å². The summed E-state index contributed by atoms with van der Waals surface area (Å²) in [6, 6.07) is 18.2. The van der Waals surface area contributed by atoms with Crippen LogP contribution in [0.4, 0.5) is 11.5 Å². The minimum atomic E-state index is -3.25. The molecule has 2 aromatic heterocycles. The minimum absolute atomic E-state index is 0.281. The van der Waals surface area contributed by atoms with Crippen molar-refractivity contribution in [3.05, 3.63) is 77.4 Å². The maximum Gasteiger partial charge on any atom is 0.175 e. The molecule has 0 saturated heterocycles. The molecule has 0 aliphatic rings. The molecule has 0 unspecified atom stereocenters. The zero-order valence-electron chi connectivity index (χ0n) is 15.3. The molecule has 0 atom stereocenters. The number of pyridine rings is 1. The lowest BCUT2D eigenvalue weighted by molar-refractivity contribution is 0.602. The summed E-state index contributed by atoms with van der Waals surface area (Å²) in [6.07, 6.45) is 3.14. The average molecular weight is 412 g/mol. The van der Waals surface area contributed by atoms with Crippen molar-refractivity contribution in [2.75, 3.05) is 11.6 Å².